The molecule has 0 aromatic carbocycles. The fourth-order valence-corrected chi connectivity index (χ4v) is 16.1. The maximum Gasteiger partial charge on any atom is 0.333 e. The number of hydrogen-bond donors (Lipinski definition) is 1. The largest absolute Gasteiger partial charge is 0.462 e. The molecule has 0 spiro atoms. The molecule has 0 aromatic heterocycles. The molecule has 4 bridgehead atoms. The van der Waals surface area contributed by atoms with E-state index >= 15 is 0 Å². The summed E-state index contributed by atoms with van der Waals surface area (Å²) < 4.78 is 45.9. The molecule has 0 amide bonds. The normalized spacial score (nSPS) is 20.6. The first kappa shape index (κ1) is 120. The highest BCUT2D eigenvalue weighted by molar-refractivity contribution is 5.89. The summed E-state index contributed by atoms with van der Waals surface area (Å²) in [5, 5.41) is 9.21. The van der Waals surface area contributed by atoms with Crippen LogP contribution in [0.2, 0.25) is 0 Å². The number of carbonyl (C=O) groups is 8. The van der Waals surface area contributed by atoms with E-state index in [1.54, 1.807) is 41.5 Å². The van der Waals surface area contributed by atoms with Crippen LogP contribution in [0.25, 0.3) is 0 Å². The first-order valence-electron chi connectivity index (χ1n) is 47.8. The van der Waals surface area contributed by atoms with Gasteiger partial charge >= 0.3 is 47.8 Å². The van der Waals surface area contributed by atoms with Crippen LogP contribution < -0.4 is 0 Å². The lowest BCUT2D eigenvalue weighted by molar-refractivity contribution is -0.148. The average molecular weight is 1800 g/mol. The summed E-state index contributed by atoms with van der Waals surface area (Å²) in [6.07, 6.45) is 60.0. The van der Waals surface area contributed by atoms with E-state index in [0.29, 0.717) is 109 Å². The Kier molecular flexibility index (Phi) is 66.2. The van der Waals surface area contributed by atoms with Crippen LogP contribution in [0.15, 0.2) is 204 Å². The molecule has 129 heavy (non-hydrogen) atoms. The maximum atomic E-state index is 11.6. The SMILES string of the molecule is C=C(C)C(=O)OC/C=C(\C)CC/C=C(\C)CCC=C(C)C.C=C(C)C(=O)OC/C=C(\C)CCC=C(C)C.C=C(C)C(=O)OC1CC2CC1C1C=CC(C)C21.C=C(C)C(=O)OCCC(C)CCC=C(C)C.C=C(C)C(=O)OCCCCCCCC/C=C\CCCCCCCC.C=C(C)C(=O)OCCOC1CC2CC1C1C=CC(C)C21.C=CC(=O)OCC(O)COC(=O)C(=C)C. The van der Waals surface area contributed by atoms with Gasteiger partial charge in [-0.15, -0.1) is 0 Å². The van der Waals surface area contributed by atoms with Crippen molar-refractivity contribution in [1.82, 2.24) is 0 Å². The van der Waals surface area contributed by atoms with E-state index in [0.717, 1.165) is 119 Å². The Balaban J connectivity index is 0.00000149. The third-order valence-electron chi connectivity index (χ3n) is 23.4. The topological polar surface area (TPSA) is 240 Å². The third kappa shape index (κ3) is 57.2. The molecule has 0 saturated heterocycles. The van der Waals surface area contributed by atoms with Crippen LogP contribution in [0.3, 0.4) is 0 Å². The van der Waals surface area contributed by atoms with Gasteiger partial charge in [0.15, 0.2) is 0 Å². The molecule has 18 nitrogen and oxygen atoms in total. The van der Waals surface area contributed by atoms with Crippen molar-refractivity contribution in [1.29, 1.82) is 0 Å². The van der Waals surface area contributed by atoms with Crippen LogP contribution in [0.4, 0.5) is 0 Å². The van der Waals surface area contributed by atoms with Crippen molar-refractivity contribution in [3.8, 4) is 0 Å². The smallest absolute Gasteiger partial charge is 0.333 e. The Morgan fingerprint density at radius 3 is 1.18 bits per heavy atom. The monoisotopic (exact) mass is 1800 g/mol. The molecule has 4 saturated carbocycles. The molecular weight excluding hydrogens is 1620 g/mol. The molecule has 6 aliphatic carbocycles. The van der Waals surface area contributed by atoms with Crippen molar-refractivity contribution in [2.75, 3.05) is 52.9 Å². The van der Waals surface area contributed by atoms with E-state index in [-0.39, 0.29) is 60.7 Å². The number of carbonyl (C=O) groups excluding carboxylic acids is 8. The molecule has 726 valence electrons. The van der Waals surface area contributed by atoms with Gasteiger partial charge in [-0.1, -0.05) is 232 Å². The highest BCUT2D eigenvalue weighted by Gasteiger charge is 2.56. The lowest BCUT2D eigenvalue weighted by atomic mass is 9.76. The molecule has 0 heterocycles. The Bertz CT molecular complexity index is 3790. The van der Waals surface area contributed by atoms with Gasteiger partial charge in [0.05, 0.1) is 25.9 Å². The maximum absolute atomic E-state index is 11.6. The van der Waals surface area contributed by atoms with Gasteiger partial charge in [-0.3, -0.25) is 0 Å². The minimum atomic E-state index is -1.04. The van der Waals surface area contributed by atoms with E-state index in [1.165, 1.54) is 137 Å². The lowest BCUT2D eigenvalue weighted by Gasteiger charge is -2.33. The fourth-order valence-electron chi connectivity index (χ4n) is 16.1. The fraction of sp³-hybridized carbons (Fsp3) is 0.622. The van der Waals surface area contributed by atoms with Crippen LogP contribution in [-0.2, 0) is 81.0 Å². The van der Waals surface area contributed by atoms with Gasteiger partial charge in [-0.25, -0.2) is 38.4 Å². The Hall–Kier alpha value is -8.74. The van der Waals surface area contributed by atoms with Gasteiger partial charge < -0.3 is 47.7 Å². The number of aliphatic hydroxyl groups is 1. The second kappa shape index (κ2) is 71.0. The van der Waals surface area contributed by atoms with E-state index < -0.39 is 18.0 Å². The number of allylic oxidation sites excluding steroid dienone is 16. The zero-order valence-electron chi connectivity index (χ0n) is 83.9. The molecule has 1 N–H and O–H groups in total. The van der Waals surface area contributed by atoms with Crippen molar-refractivity contribution >= 4 is 47.8 Å². The lowest BCUT2D eigenvalue weighted by Crippen LogP contribution is -2.33. The number of hydrogen-bond acceptors (Lipinski definition) is 18. The molecule has 14 unspecified atom stereocenters. The van der Waals surface area contributed by atoms with Crippen LogP contribution >= 0.6 is 0 Å². The van der Waals surface area contributed by atoms with Gasteiger partial charge in [0.1, 0.15) is 45.2 Å². The molecule has 6 rings (SSSR count). The highest BCUT2D eigenvalue weighted by Crippen LogP contribution is 2.60. The summed E-state index contributed by atoms with van der Waals surface area (Å²) in [4.78, 5) is 88.9. The second-order valence-corrected chi connectivity index (χ2v) is 37.1. The van der Waals surface area contributed by atoms with E-state index in [2.05, 4.69) is 206 Å². The zero-order chi connectivity index (χ0) is 97.5. The van der Waals surface area contributed by atoms with Gasteiger partial charge in [0.25, 0.3) is 0 Å². The van der Waals surface area contributed by atoms with Crippen LogP contribution in [0.5, 0.6) is 0 Å². The summed E-state index contributed by atoms with van der Waals surface area (Å²) in [6.45, 7) is 69.6. The standard InChI is InChI=1S/C22H40O2.C19H30O2.C17H24O3.C15H20O2.C14H24O2.C14H22O2.C10H14O5/c1-4-5-6-7-8-9-10-11-12-13-14-15-16-17-18-19-20-24-22(23)21(2)3;1-15(2)9-7-10-17(5)11-8-12-18(6)13-14-21-19(20)16(3)4;1-10(2)17(18)20-7-6-19-15-9-12-8-14(15)13-5-4-11(3)16(12)13;1-8(2)15(16)17-13-7-10-6-12(13)11-5-4-9(3)14(10)11;2*1-11(2)7-6-8-13(5)9-10-16-14(15)12(3)4;1-4-9(12)14-5-8(11)6-15-10(13)7(2)3/h11-12H,2,4-10,13-20H2,1,3H3;9,11,13H,3,7-8,10,12,14H2,1-2,4-6H3;4-5,11-16H,1,6-9H2,2-3H3;4-5,9-14H,1,6-7H2,2-3H3;7,13H,3,6,8-10H2,1-2,4-5H3;7,9H,3,6,8,10H2,1-2,4-5H3;4,8,11H,1-2,5-6H2,3H3/b12-11-;17-11+,18-13+;;;;13-9+;. The van der Waals surface area contributed by atoms with Crippen molar-refractivity contribution < 1.29 is 86.1 Å². The minimum Gasteiger partial charge on any atom is -0.462 e. The van der Waals surface area contributed by atoms with Gasteiger partial charge in [0.2, 0.25) is 0 Å². The Labute approximate surface area is 781 Å². The molecule has 0 aliphatic heterocycles. The van der Waals surface area contributed by atoms with Gasteiger partial charge in [0, 0.05) is 51.0 Å². The summed E-state index contributed by atoms with van der Waals surface area (Å²) in [7, 11) is 0. The third-order valence-corrected chi connectivity index (χ3v) is 23.4. The number of aliphatic hydroxyl groups excluding tert-OH is 1. The predicted molar refractivity (Wildman–Crippen MR) is 529 cm³/mol. The van der Waals surface area contributed by atoms with Gasteiger partial charge in [-0.05, 0) is 298 Å². The second-order valence-electron chi connectivity index (χ2n) is 37.1. The first-order chi connectivity index (χ1) is 61.0. The van der Waals surface area contributed by atoms with E-state index in [9.17, 15) is 43.5 Å². The Morgan fingerprint density at radius 1 is 0.380 bits per heavy atom. The van der Waals surface area contributed by atoms with E-state index in [4.69, 9.17) is 33.2 Å². The number of esters is 8. The Morgan fingerprint density at radius 2 is 0.744 bits per heavy atom. The molecule has 18 heteroatoms. The summed E-state index contributed by atoms with van der Waals surface area (Å²) >= 11 is 0. The first-order valence-corrected chi connectivity index (χ1v) is 47.8. The van der Waals surface area contributed by atoms with Crippen molar-refractivity contribution in [2.45, 2.75) is 330 Å². The highest BCUT2D eigenvalue weighted by atomic mass is 16.6. The molecule has 0 radical (unpaired) electrons. The van der Waals surface area contributed by atoms with Crippen LogP contribution in [0, 0.1) is 65.1 Å². The van der Waals surface area contributed by atoms with Crippen molar-refractivity contribution in [3.05, 3.63) is 204 Å². The molecule has 0 aromatic rings. The predicted octanol–water partition coefficient (Wildman–Crippen LogP) is 26.5. The van der Waals surface area contributed by atoms with Crippen molar-refractivity contribution in [3.63, 3.8) is 0 Å². The summed E-state index contributed by atoms with van der Waals surface area (Å²) in [5.74, 6) is 5.00. The minimum absolute atomic E-state index is 0.139. The number of ether oxygens (including phenoxy) is 9. The number of fused-ring (bicyclic) bond motifs is 10. The van der Waals surface area contributed by atoms with Crippen LogP contribution in [-0.4, -0.2) is 124 Å². The number of rotatable bonds is 52. The molecule has 4 fully saturated rings. The summed E-state index contributed by atoms with van der Waals surface area (Å²) in [5.41, 5.74) is 11.0. The molecule has 14 atom stereocenters. The average Bonchev–Trinajstić information content (AvgIpc) is 1.59. The van der Waals surface area contributed by atoms with E-state index in [1.807, 2.05) is 19.1 Å². The van der Waals surface area contributed by atoms with Gasteiger partial charge in [-0.2, -0.15) is 0 Å². The van der Waals surface area contributed by atoms with Crippen LogP contribution in [0.1, 0.15) is 312 Å². The van der Waals surface area contributed by atoms with Crippen molar-refractivity contribution in [2.24, 2.45) is 65.1 Å². The molecule has 6 aliphatic rings. The summed E-state index contributed by atoms with van der Waals surface area (Å²) in [6, 6.07) is 0. The molecular formula is C111H174O18. The number of unbranched alkanes of at least 4 members (excludes halogenated alkanes) is 12. The zero-order valence-corrected chi connectivity index (χ0v) is 83.9. The quantitative estimate of drug-likeness (QED) is 0.0196.